The molecule has 3 heterocycles. The molecule has 0 unspecified atom stereocenters. The van der Waals surface area contributed by atoms with Crippen LogP contribution in [0.15, 0.2) is 85.2 Å². The van der Waals surface area contributed by atoms with E-state index < -0.39 is 24.0 Å². The van der Waals surface area contributed by atoms with Gasteiger partial charge < -0.3 is 29.4 Å². The molecule has 0 bridgehead atoms. The van der Waals surface area contributed by atoms with Gasteiger partial charge in [0, 0.05) is 18.3 Å². The van der Waals surface area contributed by atoms with Gasteiger partial charge in [0.05, 0.1) is 33.3 Å². The number of nitrogens with zero attached hydrogens (tertiary/aromatic N) is 4. The highest BCUT2D eigenvalue weighted by Gasteiger charge is 2.42. The third kappa shape index (κ3) is 7.33. The van der Waals surface area contributed by atoms with E-state index >= 15 is 0 Å². The monoisotopic (exact) mass is 708 g/mol. The van der Waals surface area contributed by atoms with E-state index in [2.05, 4.69) is 25.6 Å². The second kappa shape index (κ2) is 15.5. The summed E-state index contributed by atoms with van der Waals surface area (Å²) >= 11 is 0. The second-order valence-electron chi connectivity index (χ2n) is 13.3. The van der Waals surface area contributed by atoms with E-state index in [-0.39, 0.29) is 48.4 Å². The van der Waals surface area contributed by atoms with Gasteiger partial charge in [0.2, 0.25) is 17.8 Å². The van der Waals surface area contributed by atoms with Crippen LogP contribution in [0.2, 0.25) is 0 Å². The Kier molecular flexibility index (Phi) is 10.8. The van der Waals surface area contributed by atoms with Crippen LogP contribution in [-0.4, -0.2) is 69.5 Å². The van der Waals surface area contributed by atoms with Gasteiger partial charge >= 0.3 is 0 Å². The predicted molar refractivity (Wildman–Crippen MR) is 195 cm³/mol. The molecule has 1 fully saturated rings. The van der Waals surface area contributed by atoms with Crippen molar-refractivity contribution >= 4 is 34.7 Å². The summed E-state index contributed by atoms with van der Waals surface area (Å²) in [5.41, 5.74) is 2.09. The van der Waals surface area contributed by atoms with Gasteiger partial charge in [-0.05, 0) is 41.0 Å². The minimum absolute atomic E-state index is 0.0112. The minimum atomic E-state index is -1.11. The Balaban J connectivity index is 1.35. The lowest BCUT2D eigenvalue weighted by Crippen LogP contribution is -2.38. The van der Waals surface area contributed by atoms with Crippen molar-refractivity contribution in [2.45, 2.75) is 58.2 Å². The molecule has 52 heavy (non-hydrogen) atoms. The van der Waals surface area contributed by atoms with Crippen LogP contribution in [0.1, 0.15) is 57.0 Å². The Hall–Kier alpha value is -5.37. The number of imidazole rings is 1. The third-order valence-corrected chi connectivity index (χ3v) is 9.10. The first kappa shape index (κ1) is 36.4. The lowest BCUT2D eigenvalue weighted by molar-refractivity contribution is -0.119. The van der Waals surface area contributed by atoms with Gasteiger partial charge in [-0.25, -0.2) is 4.98 Å². The summed E-state index contributed by atoms with van der Waals surface area (Å²) in [4.78, 5) is 38.8. The fourth-order valence-electron chi connectivity index (χ4n) is 6.10. The summed E-state index contributed by atoms with van der Waals surface area (Å²) in [6.45, 7) is 7.05. The number of ether oxygens (including phenoxy) is 4. The van der Waals surface area contributed by atoms with Crippen molar-refractivity contribution in [1.82, 2.24) is 19.5 Å². The number of amides is 2. The highest BCUT2D eigenvalue weighted by molar-refractivity contribution is 5.99. The van der Waals surface area contributed by atoms with Crippen molar-refractivity contribution in [1.29, 1.82) is 0 Å². The molecule has 272 valence electrons. The standard InChI is InChI=1S/C39H44N6O7/c1-23(2)36(47)41-34-33-35(43-38(42-34)44-37(48)24(3)4)45(22-40-33)32-20-30(46)31(52-32)21-51-39(25-10-8-7-9-11-25,26-12-16-28(49-5)17-13-26)27-14-18-29(50-6)19-15-27/h7-19,22-24,30-32,46H,20-21H2,1-6H3,(H2,41,42,43,44,47,48)/t30-,31-,32-/m1/s1. The van der Waals surface area contributed by atoms with E-state index in [1.165, 1.54) is 6.33 Å². The number of rotatable bonds is 13. The van der Waals surface area contributed by atoms with E-state index in [1.807, 2.05) is 78.9 Å². The Labute approximate surface area is 302 Å². The third-order valence-electron chi connectivity index (χ3n) is 9.10. The number of aromatic nitrogens is 4. The highest BCUT2D eigenvalue weighted by atomic mass is 16.6. The molecule has 3 atom stereocenters. The number of nitrogens with one attached hydrogen (secondary N) is 2. The van der Waals surface area contributed by atoms with Crippen molar-refractivity contribution in [3.63, 3.8) is 0 Å². The minimum Gasteiger partial charge on any atom is -0.497 e. The predicted octanol–water partition coefficient (Wildman–Crippen LogP) is 5.69. The van der Waals surface area contributed by atoms with Gasteiger partial charge in [-0.2, -0.15) is 9.97 Å². The number of carbonyl (C=O) groups is 2. The van der Waals surface area contributed by atoms with E-state index in [0.29, 0.717) is 22.7 Å². The molecule has 2 aromatic heterocycles. The summed E-state index contributed by atoms with van der Waals surface area (Å²) in [7, 11) is 3.24. The van der Waals surface area contributed by atoms with Crippen LogP contribution in [0.4, 0.5) is 11.8 Å². The molecule has 5 aromatic rings. The Morgan fingerprint density at radius 2 is 1.40 bits per heavy atom. The summed E-state index contributed by atoms with van der Waals surface area (Å²) in [5.74, 6) is 0.368. The molecule has 3 N–H and O–H groups in total. The molecule has 3 aromatic carbocycles. The van der Waals surface area contributed by atoms with Crippen molar-refractivity contribution in [3.8, 4) is 11.5 Å². The zero-order valence-electron chi connectivity index (χ0n) is 30.1. The van der Waals surface area contributed by atoms with Crippen molar-refractivity contribution in [3.05, 3.63) is 102 Å². The molecule has 1 saturated heterocycles. The average molecular weight is 709 g/mol. The van der Waals surface area contributed by atoms with Crippen LogP contribution in [0, 0.1) is 11.8 Å². The normalized spacial score (nSPS) is 17.4. The molecule has 6 rings (SSSR count). The largest absolute Gasteiger partial charge is 0.497 e. The quantitative estimate of drug-likeness (QED) is 0.130. The van der Waals surface area contributed by atoms with Gasteiger partial charge in [0.1, 0.15) is 29.4 Å². The SMILES string of the molecule is COc1ccc(C(OC[C@H]2O[C@@H](n3cnc4c(NC(=O)C(C)C)nc(NC(=O)C(C)C)nc43)C[C@H]2O)(c2ccccc2)c2ccc(OC)cc2)cc1. The maximum atomic E-state index is 12.7. The number of anilines is 2. The van der Waals surface area contributed by atoms with Crippen molar-refractivity contribution < 1.29 is 33.6 Å². The first-order valence-electron chi connectivity index (χ1n) is 17.2. The molecule has 0 saturated carbocycles. The molecule has 2 amide bonds. The number of hydrogen-bond donors (Lipinski definition) is 3. The Bertz CT molecular complexity index is 1950. The second-order valence-corrected chi connectivity index (χ2v) is 13.3. The maximum Gasteiger partial charge on any atom is 0.233 e. The lowest BCUT2D eigenvalue weighted by atomic mass is 9.80. The Morgan fingerprint density at radius 3 is 1.96 bits per heavy atom. The van der Waals surface area contributed by atoms with Gasteiger partial charge in [-0.1, -0.05) is 82.3 Å². The molecular formula is C39H44N6O7. The number of fused-ring (bicyclic) bond motifs is 1. The number of aliphatic hydroxyl groups excluding tert-OH is 1. The smallest absolute Gasteiger partial charge is 0.233 e. The van der Waals surface area contributed by atoms with Crippen LogP contribution < -0.4 is 20.1 Å². The first-order valence-corrected chi connectivity index (χ1v) is 17.2. The van der Waals surface area contributed by atoms with E-state index in [0.717, 1.165) is 16.7 Å². The van der Waals surface area contributed by atoms with Crippen molar-refractivity contribution in [2.24, 2.45) is 11.8 Å². The van der Waals surface area contributed by atoms with Crippen LogP contribution in [0.3, 0.4) is 0 Å². The molecule has 0 spiro atoms. The van der Waals surface area contributed by atoms with Gasteiger partial charge in [0.25, 0.3) is 0 Å². The van der Waals surface area contributed by atoms with E-state index in [4.69, 9.17) is 18.9 Å². The molecular weight excluding hydrogens is 664 g/mol. The van der Waals surface area contributed by atoms with E-state index in [9.17, 15) is 14.7 Å². The fourth-order valence-corrected chi connectivity index (χ4v) is 6.10. The number of methoxy groups -OCH3 is 2. The molecule has 13 heteroatoms. The summed E-state index contributed by atoms with van der Waals surface area (Å²) in [6, 6.07) is 25.3. The molecule has 13 nitrogen and oxygen atoms in total. The van der Waals surface area contributed by atoms with Crippen LogP contribution in [0.25, 0.3) is 11.2 Å². The fraction of sp³-hybridized carbons (Fsp3) is 0.359. The zero-order chi connectivity index (χ0) is 37.0. The van der Waals surface area contributed by atoms with Crippen LogP contribution in [-0.2, 0) is 24.7 Å². The topological polar surface area (TPSA) is 159 Å². The molecule has 0 aliphatic carbocycles. The summed E-state index contributed by atoms with van der Waals surface area (Å²) in [6.07, 6.45) is -0.622. The summed E-state index contributed by atoms with van der Waals surface area (Å²) in [5, 5.41) is 16.9. The highest BCUT2D eigenvalue weighted by Crippen LogP contribution is 2.43. The zero-order valence-corrected chi connectivity index (χ0v) is 30.1. The number of carbonyl (C=O) groups excluding carboxylic acids is 2. The molecule has 0 radical (unpaired) electrons. The van der Waals surface area contributed by atoms with E-state index in [1.54, 1.807) is 46.5 Å². The maximum absolute atomic E-state index is 12.7. The summed E-state index contributed by atoms with van der Waals surface area (Å²) < 4.78 is 26.1. The van der Waals surface area contributed by atoms with Crippen LogP contribution in [0.5, 0.6) is 11.5 Å². The number of benzene rings is 3. The number of aliphatic hydroxyl groups is 1. The molecule has 1 aliphatic heterocycles. The molecule has 1 aliphatic rings. The first-order chi connectivity index (χ1) is 25.0. The average Bonchev–Trinajstić information content (AvgIpc) is 3.75. The number of hydrogen-bond acceptors (Lipinski definition) is 10. The van der Waals surface area contributed by atoms with Crippen LogP contribution >= 0.6 is 0 Å². The van der Waals surface area contributed by atoms with Gasteiger partial charge in [0.15, 0.2) is 17.0 Å². The van der Waals surface area contributed by atoms with Crippen molar-refractivity contribution in [2.75, 3.05) is 31.5 Å². The van der Waals surface area contributed by atoms with Gasteiger partial charge in [-0.3, -0.25) is 19.5 Å². The lowest BCUT2D eigenvalue weighted by Gasteiger charge is -2.37. The Morgan fingerprint density at radius 1 is 0.846 bits per heavy atom. The van der Waals surface area contributed by atoms with Gasteiger partial charge in [-0.15, -0.1) is 0 Å².